The molecule has 1 aromatic carbocycles. The van der Waals surface area contributed by atoms with Gasteiger partial charge in [0, 0.05) is 36.6 Å². The topological polar surface area (TPSA) is 62.7 Å². The summed E-state index contributed by atoms with van der Waals surface area (Å²) in [7, 11) is 0. The number of rotatable bonds is 6. The first kappa shape index (κ1) is 17.5. The predicted molar refractivity (Wildman–Crippen MR) is 110 cm³/mol. The van der Waals surface area contributed by atoms with Gasteiger partial charge in [0.05, 0.1) is 5.69 Å². The van der Waals surface area contributed by atoms with Gasteiger partial charge in [-0.3, -0.25) is 4.98 Å². The molecule has 0 atom stereocenters. The predicted octanol–water partition coefficient (Wildman–Crippen LogP) is 4.81. The summed E-state index contributed by atoms with van der Waals surface area (Å²) in [5.41, 5.74) is 4.49. The van der Waals surface area contributed by atoms with E-state index >= 15 is 0 Å². The van der Waals surface area contributed by atoms with Crippen molar-refractivity contribution in [3.05, 3.63) is 66.0 Å². The van der Waals surface area contributed by atoms with Gasteiger partial charge in [0.15, 0.2) is 0 Å². The monoisotopic (exact) mass is 359 g/mol. The number of nitrogens with zero attached hydrogens (tertiary/aromatic N) is 3. The van der Waals surface area contributed by atoms with Crippen molar-refractivity contribution in [2.24, 2.45) is 0 Å². The number of nitrogens with one attached hydrogen (secondary N) is 2. The van der Waals surface area contributed by atoms with Crippen LogP contribution in [-0.2, 0) is 6.54 Å². The van der Waals surface area contributed by atoms with Crippen LogP contribution in [0, 0.1) is 6.92 Å². The molecule has 5 nitrogen and oxygen atoms in total. The average Bonchev–Trinajstić information content (AvgIpc) is 3.21. The standard InChI is InChI=1S/C22H25N5/c1-16-6-2-3-7-18(16)15-24-21-14-20(17-10-12-23-13-11-17)26-22(27-21)25-19-8-4-5-9-19/h2-3,6-7,10-14,19H,4-5,8-9,15H2,1H3,(H2,24,25,26,27). The molecule has 1 aliphatic carbocycles. The molecule has 0 unspecified atom stereocenters. The highest BCUT2D eigenvalue weighted by Crippen LogP contribution is 2.25. The Kier molecular flexibility index (Phi) is 5.28. The third kappa shape index (κ3) is 4.42. The number of aromatic nitrogens is 3. The van der Waals surface area contributed by atoms with Crippen LogP contribution in [0.4, 0.5) is 11.8 Å². The number of pyridine rings is 1. The fourth-order valence-corrected chi connectivity index (χ4v) is 3.52. The third-order valence-electron chi connectivity index (χ3n) is 5.11. The van der Waals surface area contributed by atoms with Crippen molar-refractivity contribution in [1.82, 2.24) is 15.0 Å². The maximum absolute atomic E-state index is 4.75. The van der Waals surface area contributed by atoms with E-state index in [2.05, 4.69) is 46.8 Å². The van der Waals surface area contributed by atoms with E-state index in [1.165, 1.54) is 36.8 Å². The van der Waals surface area contributed by atoms with Crippen LogP contribution in [-0.4, -0.2) is 21.0 Å². The lowest BCUT2D eigenvalue weighted by atomic mass is 10.1. The first-order valence-electron chi connectivity index (χ1n) is 9.62. The minimum atomic E-state index is 0.474. The second-order valence-electron chi connectivity index (χ2n) is 7.10. The molecule has 4 rings (SSSR count). The highest BCUT2D eigenvalue weighted by molar-refractivity contribution is 5.64. The Morgan fingerprint density at radius 2 is 1.78 bits per heavy atom. The van der Waals surface area contributed by atoms with Crippen molar-refractivity contribution < 1.29 is 0 Å². The van der Waals surface area contributed by atoms with E-state index in [-0.39, 0.29) is 0 Å². The van der Waals surface area contributed by atoms with Gasteiger partial charge in [-0.25, -0.2) is 4.98 Å². The molecular weight excluding hydrogens is 334 g/mol. The van der Waals surface area contributed by atoms with E-state index in [1.54, 1.807) is 12.4 Å². The van der Waals surface area contributed by atoms with E-state index in [1.807, 2.05) is 18.2 Å². The molecule has 0 aliphatic heterocycles. The summed E-state index contributed by atoms with van der Waals surface area (Å²) in [6.45, 7) is 2.87. The normalized spacial score (nSPS) is 14.3. The molecule has 2 heterocycles. The summed E-state index contributed by atoms with van der Waals surface area (Å²) >= 11 is 0. The van der Waals surface area contributed by atoms with Crippen LogP contribution in [0.25, 0.3) is 11.3 Å². The van der Waals surface area contributed by atoms with Gasteiger partial charge in [0.2, 0.25) is 5.95 Å². The van der Waals surface area contributed by atoms with Crippen LogP contribution >= 0.6 is 0 Å². The summed E-state index contributed by atoms with van der Waals surface area (Å²) in [4.78, 5) is 13.6. The van der Waals surface area contributed by atoms with Gasteiger partial charge in [0.1, 0.15) is 5.82 Å². The smallest absolute Gasteiger partial charge is 0.225 e. The van der Waals surface area contributed by atoms with Crippen LogP contribution in [0.15, 0.2) is 54.9 Å². The summed E-state index contributed by atoms with van der Waals surface area (Å²) < 4.78 is 0. The molecule has 1 aliphatic rings. The first-order valence-corrected chi connectivity index (χ1v) is 9.62. The Morgan fingerprint density at radius 1 is 1.00 bits per heavy atom. The Hall–Kier alpha value is -2.95. The van der Waals surface area contributed by atoms with Gasteiger partial charge in [-0.2, -0.15) is 4.98 Å². The third-order valence-corrected chi connectivity index (χ3v) is 5.11. The van der Waals surface area contributed by atoms with Crippen LogP contribution in [0.3, 0.4) is 0 Å². The van der Waals surface area contributed by atoms with E-state index in [9.17, 15) is 0 Å². The van der Waals surface area contributed by atoms with Gasteiger partial charge >= 0.3 is 0 Å². The Balaban J connectivity index is 1.59. The quantitative estimate of drug-likeness (QED) is 0.661. The SMILES string of the molecule is Cc1ccccc1CNc1cc(-c2ccncc2)nc(NC2CCCC2)n1. The second-order valence-corrected chi connectivity index (χ2v) is 7.10. The van der Waals surface area contributed by atoms with Crippen molar-refractivity contribution in [1.29, 1.82) is 0 Å². The summed E-state index contributed by atoms with van der Waals surface area (Å²) in [5, 5.41) is 6.99. The molecule has 0 saturated heterocycles. The molecule has 0 amide bonds. The number of hydrogen-bond donors (Lipinski definition) is 2. The molecular formula is C22H25N5. The van der Waals surface area contributed by atoms with Crippen LogP contribution < -0.4 is 10.6 Å². The van der Waals surface area contributed by atoms with E-state index in [0.717, 1.165) is 23.6 Å². The highest BCUT2D eigenvalue weighted by Gasteiger charge is 2.16. The minimum Gasteiger partial charge on any atom is -0.366 e. The van der Waals surface area contributed by atoms with Crippen LogP contribution in [0.5, 0.6) is 0 Å². The van der Waals surface area contributed by atoms with Crippen molar-refractivity contribution in [3.8, 4) is 11.3 Å². The van der Waals surface area contributed by atoms with Crippen molar-refractivity contribution >= 4 is 11.8 Å². The summed E-state index contributed by atoms with van der Waals surface area (Å²) in [6, 6.07) is 14.8. The number of hydrogen-bond acceptors (Lipinski definition) is 5. The number of benzene rings is 1. The summed E-state index contributed by atoms with van der Waals surface area (Å²) in [6.07, 6.45) is 8.52. The second kappa shape index (κ2) is 8.16. The lowest BCUT2D eigenvalue weighted by Gasteiger charge is -2.15. The molecule has 0 radical (unpaired) electrons. The van der Waals surface area contributed by atoms with Gasteiger partial charge < -0.3 is 10.6 Å². The lowest BCUT2D eigenvalue weighted by molar-refractivity contribution is 0.744. The Labute approximate surface area is 160 Å². The fourth-order valence-electron chi connectivity index (χ4n) is 3.52. The molecule has 3 aromatic rings. The van der Waals surface area contributed by atoms with E-state index < -0.39 is 0 Å². The van der Waals surface area contributed by atoms with Crippen molar-refractivity contribution in [2.45, 2.75) is 45.2 Å². The minimum absolute atomic E-state index is 0.474. The number of aryl methyl sites for hydroxylation is 1. The fraction of sp³-hybridized carbons (Fsp3) is 0.318. The molecule has 138 valence electrons. The van der Waals surface area contributed by atoms with Crippen molar-refractivity contribution in [3.63, 3.8) is 0 Å². The van der Waals surface area contributed by atoms with Crippen LogP contribution in [0.1, 0.15) is 36.8 Å². The zero-order valence-electron chi connectivity index (χ0n) is 15.7. The lowest BCUT2D eigenvalue weighted by Crippen LogP contribution is -2.17. The highest BCUT2D eigenvalue weighted by atomic mass is 15.2. The molecule has 0 bridgehead atoms. The molecule has 5 heteroatoms. The zero-order chi connectivity index (χ0) is 18.5. The Bertz CT molecular complexity index is 888. The first-order chi connectivity index (χ1) is 13.3. The zero-order valence-corrected chi connectivity index (χ0v) is 15.7. The van der Waals surface area contributed by atoms with Gasteiger partial charge in [0.25, 0.3) is 0 Å². The number of anilines is 2. The van der Waals surface area contributed by atoms with Gasteiger partial charge in [-0.05, 0) is 43.0 Å². The largest absolute Gasteiger partial charge is 0.366 e. The molecule has 27 heavy (non-hydrogen) atoms. The van der Waals surface area contributed by atoms with E-state index in [0.29, 0.717) is 12.0 Å². The maximum Gasteiger partial charge on any atom is 0.225 e. The average molecular weight is 359 g/mol. The van der Waals surface area contributed by atoms with Gasteiger partial charge in [-0.15, -0.1) is 0 Å². The molecule has 2 aromatic heterocycles. The van der Waals surface area contributed by atoms with Gasteiger partial charge in [-0.1, -0.05) is 37.1 Å². The molecule has 1 fully saturated rings. The van der Waals surface area contributed by atoms with E-state index in [4.69, 9.17) is 9.97 Å². The maximum atomic E-state index is 4.75. The molecule has 2 N–H and O–H groups in total. The molecule has 0 spiro atoms. The Morgan fingerprint density at radius 3 is 2.56 bits per heavy atom. The molecule has 1 saturated carbocycles. The van der Waals surface area contributed by atoms with Crippen LogP contribution in [0.2, 0.25) is 0 Å². The van der Waals surface area contributed by atoms with Crippen molar-refractivity contribution in [2.75, 3.05) is 10.6 Å². The summed E-state index contributed by atoms with van der Waals surface area (Å²) in [5.74, 6) is 1.53.